The van der Waals surface area contributed by atoms with Gasteiger partial charge < -0.3 is 5.32 Å². The molecule has 0 radical (unpaired) electrons. The van der Waals surface area contributed by atoms with Crippen LogP contribution in [0.15, 0.2) is 29.2 Å². The molecular weight excluding hydrogens is 226 g/mol. The summed E-state index contributed by atoms with van der Waals surface area (Å²) < 4.78 is 0. The van der Waals surface area contributed by atoms with Gasteiger partial charge in [-0.1, -0.05) is 32.0 Å². The van der Waals surface area contributed by atoms with Crippen LogP contribution in [-0.4, -0.2) is 18.3 Å². The van der Waals surface area contributed by atoms with Crippen molar-refractivity contribution in [3.63, 3.8) is 0 Å². The van der Waals surface area contributed by atoms with Crippen molar-refractivity contribution < 1.29 is 0 Å². The second kappa shape index (κ2) is 6.46. The highest BCUT2D eigenvalue weighted by Gasteiger charge is 2.20. The van der Waals surface area contributed by atoms with Crippen LogP contribution in [0.4, 0.5) is 0 Å². The minimum atomic E-state index is 0.742. The number of hydrogen-bond acceptors (Lipinski definition) is 2. The Bertz CT molecular complexity index is 324. The summed E-state index contributed by atoms with van der Waals surface area (Å²) in [7, 11) is 0. The minimum Gasteiger partial charge on any atom is -0.316 e. The zero-order chi connectivity index (χ0) is 12.1. The Morgan fingerprint density at radius 3 is 2.94 bits per heavy atom. The molecule has 1 atom stereocenters. The van der Waals surface area contributed by atoms with E-state index in [1.54, 1.807) is 0 Å². The molecule has 0 bridgehead atoms. The Morgan fingerprint density at radius 2 is 2.18 bits per heavy atom. The van der Waals surface area contributed by atoms with Gasteiger partial charge in [0.25, 0.3) is 0 Å². The van der Waals surface area contributed by atoms with E-state index in [1.165, 1.54) is 36.3 Å². The molecule has 0 amide bonds. The molecule has 1 unspecified atom stereocenters. The fraction of sp³-hybridized carbons (Fsp3) is 0.600. The first-order valence-electron chi connectivity index (χ1n) is 6.71. The summed E-state index contributed by atoms with van der Waals surface area (Å²) in [5, 5.41) is 4.34. The van der Waals surface area contributed by atoms with Crippen LogP contribution in [0.2, 0.25) is 0 Å². The van der Waals surface area contributed by atoms with Crippen LogP contribution < -0.4 is 5.32 Å². The molecule has 2 heteroatoms. The van der Waals surface area contributed by atoms with E-state index in [4.69, 9.17) is 0 Å². The van der Waals surface area contributed by atoms with Gasteiger partial charge in [-0.15, -0.1) is 11.8 Å². The van der Waals surface area contributed by atoms with Gasteiger partial charge in [0.15, 0.2) is 0 Å². The number of thioether (sulfide) groups is 1. The van der Waals surface area contributed by atoms with Crippen molar-refractivity contribution >= 4 is 11.8 Å². The van der Waals surface area contributed by atoms with Crippen molar-refractivity contribution in [3.05, 3.63) is 29.8 Å². The maximum absolute atomic E-state index is 3.60. The van der Waals surface area contributed by atoms with Crippen LogP contribution in [0, 0.1) is 5.92 Å². The van der Waals surface area contributed by atoms with Gasteiger partial charge in [0.05, 0.1) is 0 Å². The molecule has 0 saturated heterocycles. The second-order valence-electron chi connectivity index (χ2n) is 5.29. The lowest BCUT2D eigenvalue weighted by molar-refractivity contribution is 0.526. The molecule has 1 aliphatic rings. The summed E-state index contributed by atoms with van der Waals surface area (Å²) in [5.41, 5.74) is 1.53. The largest absolute Gasteiger partial charge is 0.316 e. The Kier molecular flexibility index (Phi) is 4.93. The average Bonchev–Trinajstić information content (AvgIpc) is 2.70. The van der Waals surface area contributed by atoms with Gasteiger partial charge in [-0.2, -0.15) is 0 Å². The van der Waals surface area contributed by atoms with E-state index in [-0.39, 0.29) is 0 Å². The van der Waals surface area contributed by atoms with Gasteiger partial charge >= 0.3 is 0 Å². The molecule has 0 aliphatic carbocycles. The molecule has 1 heterocycles. The van der Waals surface area contributed by atoms with Gasteiger partial charge in [0.1, 0.15) is 0 Å². The molecule has 2 rings (SSSR count). The van der Waals surface area contributed by atoms with Crippen molar-refractivity contribution in [1.29, 1.82) is 0 Å². The highest BCUT2D eigenvalue weighted by atomic mass is 32.2. The van der Waals surface area contributed by atoms with Crippen molar-refractivity contribution in [1.82, 2.24) is 5.32 Å². The van der Waals surface area contributed by atoms with Crippen LogP contribution in [0.5, 0.6) is 0 Å². The Hall–Kier alpha value is -0.470. The van der Waals surface area contributed by atoms with Gasteiger partial charge in [-0.3, -0.25) is 0 Å². The van der Waals surface area contributed by atoms with Crippen LogP contribution in [0.25, 0.3) is 0 Å². The third-order valence-corrected chi connectivity index (χ3v) is 4.54. The van der Waals surface area contributed by atoms with E-state index < -0.39 is 0 Å². The molecule has 1 aromatic carbocycles. The summed E-state index contributed by atoms with van der Waals surface area (Å²) in [6.45, 7) is 6.91. The number of benzene rings is 1. The zero-order valence-electron chi connectivity index (χ0n) is 10.9. The summed E-state index contributed by atoms with van der Waals surface area (Å²) >= 11 is 2.04. The predicted octanol–water partition coefficient (Wildman–Crippen LogP) is 3.73. The molecule has 1 aliphatic heterocycles. The molecule has 17 heavy (non-hydrogen) atoms. The smallest absolute Gasteiger partial charge is 0.0260 e. The maximum Gasteiger partial charge on any atom is 0.0260 e. The molecule has 0 fully saturated rings. The molecule has 0 saturated carbocycles. The van der Waals surface area contributed by atoms with Crippen molar-refractivity contribution in [2.45, 2.75) is 43.3 Å². The van der Waals surface area contributed by atoms with Crippen LogP contribution in [-0.2, 0) is 6.42 Å². The van der Waals surface area contributed by atoms with Crippen molar-refractivity contribution in [2.24, 2.45) is 5.92 Å². The molecule has 1 nitrogen and oxygen atoms in total. The fourth-order valence-electron chi connectivity index (χ4n) is 2.27. The lowest BCUT2D eigenvalue weighted by Crippen LogP contribution is -2.25. The van der Waals surface area contributed by atoms with E-state index in [0.29, 0.717) is 0 Å². The fourth-order valence-corrected chi connectivity index (χ4v) is 3.55. The molecular formula is C15H23NS. The first-order valence-corrected chi connectivity index (χ1v) is 7.59. The van der Waals surface area contributed by atoms with E-state index in [1.807, 2.05) is 11.8 Å². The standard InChI is InChI=1S/C15H23NS/c1-12(2)6-5-9-16-11-14-10-13-7-3-4-8-15(13)17-14/h3-4,7-8,12,14,16H,5-6,9-11H2,1-2H3. The first kappa shape index (κ1) is 13.0. The quantitative estimate of drug-likeness (QED) is 0.771. The molecule has 0 spiro atoms. The molecule has 1 N–H and O–H groups in total. The van der Waals surface area contributed by atoms with Crippen LogP contribution >= 0.6 is 11.8 Å². The molecule has 0 aromatic heterocycles. The third-order valence-electron chi connectivity index (χ3n) is 3.22. The Balaban J connectivity index is 1.63. The van der Waals surface area contributed by atoms with Crippen LogP contribution in [0.1, 0.15) is 32.3 Å². The number of fused-ring (bicyclic) bond motifs is 1. The summed E-state index contributed by atoms with van der Waals surface area (Å²) in [4.78, 5) is 1.49. The van der Waals surface area contributed by atoms with Gasteiger partial charge in [0.2, 0.25) is 0 Å². The number of nitrogens with one attached hydrogen (secondary N) is 1. The molecule has 94 valence electrons. The number of hydrogen-bond donors (Lipinski definition) is 1. The van der Waals surface area contributed by atoms with E-state index in [9.17, 15) is 0 Å². The van der Waals surface area contributed by atoms with E-state index >= 15 is 0 Å². The third kappa shape index (κ3) is 4.04. The lowest BCUT2D eigenvalue weighted by atomic mass is 10.1. The average molecular weight is 249 g/mol. The molecule has 1 aromatic rings. The highest BCUT2D eigenvalue weighted by molar-refractivity contribution is 8.00. The first-order chi connectivity index (χ1) is 8.25. The summed E-state index contributed by atoms with van der Waals surface area (Å²) in [5.74, 6) is 0.835. The van der Waals surface area contributed by atoms with Gasteiger partial charge in [-0.25, -0.2) is 0 Å². The number of rotatable bonds is 6. The Morgan fingerprint density at radius 1 is 1.35 bits per heavy atom. The minimum absolute atomic E-state index is 0.742. The zero-order valence-corrected chi connectivity index (χ0v) is 11.7. The SMILES string of the molecule is CC(C)CCCNCC1Cc2ccccc2S1. The lowest BCUT2D eigenvalue weighted by Gasteiger charge is -2.10. The van der Waals surface area contributed by atoms with Crippen molar-refractivity contribution in [2.75, 3.05) is 13.1 Å². The normalized spacial score (nSPS) is 18.6. The monoisotopic (exact) mass is 249 g/mol. The topological polar surface area (TPSA) is 12.0 Å². The van der Waals surface area contributed by atoms with E-state index in [0.717, 1.165) is 17.7 Å². The predicted molar refractivity (Wildman–Crippen MR) is 76.7 cm³/mol. The van der Waals surface area contributed by atoms with Crippen molar-refractivity contribution in [3.8, 4) is 0 Å². The Labute approximate surface area is 109 Å². The van der Waals surface area contributed by atoms with Gasteiger partial charge in [0, 0.05) is 16.7 Å². The summed E-state index contributed by atoms with van der Waals surface area (Å²) in [6.07, 6.45) is 3.88. The van der Waals surface area contributed by atoms with E-state index in [2.05, 4.69) is 43.4 Å². The highest BCUT2D eigenvalue weighted by Crippen LogP contribution is 2.36. The van der Waals surface area contributed by atoms with Crippen LogP contribution in [0.3, 0.4) is 0 Å². The van der Waals surface area contributed by atoms with Gasteiger partial charge in [-0.05, 0) is 43.4 Å². The maximum atomic E-state index is 3.60. The summed E-state index contributed by atoms with van der Waals surface area (Å²) in [6, 6.07) is 8.81. The second-order valence-corrected chi connectivity index (χ2v) is 6.63.